The first-order chi connectivity index (χ1) is 9.92. The van der Waals surface area contributed by atoms with Crippen LogP contribution >= 0.6 is 0 Å². The van der Waals surface area contributed by atoms with Crippen LogP contribution in [-0.4, -0.2) is 43.1 Å². The van der Waals surface area contributed by atoms with Crippen LogP contribution in [0.5, 0.6) is 0 Å². The quantitative estimate of drug-likeness (QED) is 0.586. The Morgan fingerprint density at radius 3 is 2.67 bits per heavy atom. The van der Waals surface area contributed by atoms with Crippen LogP contribution in [0.15, 0.2) is 12.1 Å². The first kappa shape index (κ1) is 15.5. The van der Waals surface area contributed by atoms with Crippen LogP contribution in [0.4, 0.5) is 0 Å². The van der Waals surface area contributed by atoms with Gasteiger partial charge in [-0.25, -0.2) is 9.78 Å². The SMILES string of the molecule is COC(=O)c1cc(C#CC2(C)CCN(C)CC2)cc(C)n1. The minimum Gasteiger partial charge on any atom is -0.464 e. The topological polar surface area (TPSA) is 42.4 Å². The molecule has 1 fully saturated rings. The zero-order valence-corrected chi connectivity index (χ0v) is 13.2. The maximum absolute atomic E-state index is 11.6. The molecular formula is C17H22N2O2. The fourth-order valence-electron chi connectivity index (χ4n) is 2.41. The van der Waals surface area contributed by atoms with Crippen LogP contribution in [0.1, 0.15) is 41.5 Å². The third-order valence-corrected chi connectivity index (χ3v) is 3.95. The number of hydrogen-bond acceptors (Lipinski definition) is 4. The molecule has 4 heteroatoms. The minimum absolute atomic E-state index is 0.0507. The van der Waals surface area contributed by atoms with Crippen LogP contribution in [-0.2, 0) is 4.74 Å². The Bertz CT molecular complexity index is 591. The van der Waals surface area contributed by atoms with Crippen LogP contribution in [0, 0.1) is 24.2 Å². The van der Waals surface area contributed by atoms with E-state index in [9.17, 15) is 4.79 Å². The summed E-state index contributed by atoms with van der Waals surface area (Å²) in [4.78, 5) is 18.1. The molecule has 0 atom stereocenters. The number of likely N-dealkylation sites (tertiary alicyclic amines) is 1. The van der Waals surface area contributed by atoms with Crippen molar-refractivity contribution < 1.29 is 9.53 Å². The number of pyridine rings is 1. The van der Waals surface area contributed by atoms with Gasteiger partial charge in [-0.1, -0.05) is 11.8 Å². The molecule has 1 aromatic rings. The normalized spacial score (nSPS) is 17.7. The largest absolute Gasteiger partial charge is 0.464 e. The smallest absolute Gasteiger partial charge is 0.356 e. The third kappa shape index (κ3) is 4.05. The molecule has 0 amide bonds. The molecule has 0 saturated carbocycles. The van der Waals surface area contributed by atoms with Gasteiger partial charge in [0.15, 0.2) is 0 Å². The van der Waals surface area contributed by atoms with E-state index in [0.717, 1.165) is 37.2 Å². The van der Waals surface area contributed by atoms with Crippen LogP contribution in [0.25, 0.3) is 0 Å². The first-order valence-electron chi connectivity index (χ1n) is 7.21. The van der Waals surface area contributed by atoms with Crippen molar-refractivity contribution in [2.45, 2.75) is 26.7 Å². The zero-order chi connectivity index (χ0) is 15.5. The predicted molar refractivity (Wildman–Crippen MR) is 82.0 cm³/mol. The number of carbonyl (C=O) groups excluding carboxylic acids is 1. The molecule has 0 aromatic carbocycles. The minimum atomic E-state index is -0.424. The summed E-state index contributed by atoms with van der Waals surface area (Å²) in [5, 5.41) is 0. The van der Waals surface area contributed by atoms with E-state index < -0.39 is 5.97 Å². The molecule has 1 aliphatic heterocycles. The monoisotopic (exact) mass is 286 g/mol. The molecule has 1 aliphatic rings. The number of aryl methyl sites for hydroxylation is 1. The van der Waals surface area contributed by atoms with Gasteiger partial charge in [-0.2, -0.15) is 0 Å². The van der Waals surface area contributed by atoms with Gasteiger partial charge in [0.1, 0.15) is 5.69 Å². The lowest BCUT2D eigenvalue weighted by Crippen LogP contribution is -2.35. The number of hydrogen-bond donors (Lipinski definition) is 0. The Balaban J connectivity index is 2.22. The maximum Gasteiger partial charge on any atom is 0.356 e. The first-order valence-corrected chi connectivity index (χ1v) is 7.21. The van der Waals surface area contributed by atoms with Gasteiger partial charge >= 0.3 is 5.97 Å². The maximum atomic E-state index is 11.6. The number of carbonyl (C=O) groups is 1. The van der Waals surface area contributed by atoms with E-state index in [-0.39, 0.29) is 5.41 Å². The number of esters is 1. The standard InChI is InChI=1S/C17H22N2O2/c1-13-11-14(12-15(18-13)16(20)21-4)5-6-17(2)7-9-19(3)10-8-17/h11-12H,7-10H2,1-4H3. The number of nitrogens with zero attached hydrogens (tertiary/aromatic N) is 2. The van der Waals surface area contributed by atoms with Gasteiger partial charge < -0.3 is 9.64 Å². The van der Waals surface area contributed by atoms with Crippen molar-refractivity contribution in [2.75, 3.05) is 27.2 Å². The van der Waals surface area contributed by atoms with Crippen molar-refractivity contribution in [3.63, 3.8) is 0 Å². The van der Waals surface area contributed by atoms with E-state index in [2.05, 4.69) is 35.7 Å². The lowest BCUT2D eigenvalue weighted by Gasteiger charge is -2.33. The Morgan fingerprint density at radius 2 is 2.05 bits per heavy atom. The molecule has 0 bridgehead atoms. The predicted octanol–water partition coefficient (Wildman–Crippen LogP) is 2.26. The molecule has 4 nitrogen and oxygen atoms in total. The van der Waals surface area contributed by atoms with E-state index in [4.69, 9.17) is 4.74 Å². The second-order valence-electron chi connectivity index (χ2n) is 5.99. The molecule has 0 spiro atoms. The molecule has 1 aromatic heterocycles. The van der Waals surface area contributed by atoms with Crippen LogP contribution < -0.4 is 0 Å². The Hall–Kier alpha value is -1.86. The van der Waals surface area contributed by atoms with Gasteiger partial charge in [0, 0.05) is 16.7 Å². The summed E-state index contributed by atoms with van der Waals surface area (Å²) in [6, 6.07) is 3.60. The fraction of sp³-hybridized carbons (Fsp3) is 0.529. The molecule has 0 radical (unpaired) electrons. The summed E-state index contributed by atoms with van der Waals surface area (Å²) >= 11 is 0. The van der Waals surface area contributed by atoms with Gasteiger partial charge in [-0.15, -0.1) is 0 Å². The molecule has 2 rings (SSSR count). The number of piperidine rings is 1. The van der Waals surface area contributed by atoms with Crippen LogP contribution in [0.2, 0.25) is 0 Å². The molecule has 2 heterocycles. The summed E-state index contributed by atoms with van der Waals surface area (Å²) in [5.74, 6) is 6.18. The third-order valence-electron chi connectivity index (χ3n) is 3.95. The van der Waals surface area contributed by atoms with E-state index in [1.54, 1.807) is 6.07 Å². The molecule has 112 valence electrons. The van der Waals surface area contributed by atoms with Gasteiger partial charge in [-0.3, -0.25) is 0 Å². The molecule has 0 N–H and O–H groups in total. The molecular weight excluding hydrogens is 264 g/mol. The summed E-state index contributed by atoms with van der Waals surface area (Å²) < 4.78 is 4.72. The van der Waals surface area contributed by atoms with Crippen molar-refractivity contribution >= 4 is 5.97 Å². The number of aromatic nitrogens is 1. The summed E-state index contributed by atoms with van der Waals surface area (Å²) in [5.41, 5.74) is 1.96. The van der Waals surface area contributed by atoms with Gasteiger partial charge in [0.25, 0.3) is 0 Å². The Labute approximate surface area is 126 Å². The van der Waals surface area contributed by atoms with Gasteiger partial charge in [-0.05, 0) is 59.0 Å². The zero-order valence-electron chi connectivity index (χ0n) is 13.2. The van der Waals surface area contributed by atoms with E-state index >= 15 is 0 Å². The highest BCUT2D eigenvalue weighted by Gasteiger charge is 2.26. The summed E-state index contributed by atoms with van der Waals surface area (Å²) in [6.45, 7) is 6.22. The van der Waals surface area contributed by atoms with E-state index in [1.807, 2.05) is 13.0 Å². The second kappa shape index (κ2) is 6.28. The Morgan fingerprint density at radius 1 is 1.38 bits per heavy atom. The van der Waals surface area contributed by atoms with Crippen molar-refractivity contribution in [1.82, 2.24) is 9.88 Å². The number of ether oxygens (including phenoxy) is 1. The molecule has 0 aliphatic carbocycles. The average molecular weight is 286 g/mol. The van der Waals surface area contributed by atoms with Crippen molar-refractivity contribution in [1.29, 1.82) is 0 Å². The number of methoxy groups -OCH3 is 1. The Kier molecular flexibility index (Phi) is 4.64. The van der Waals surface area contributed by atoms with Crippen molar-refractivity contribution in [3.05, 3.63) is 29.1 Å². The van der Waals surface area contributed by atoms with Gasteiger partial charge in [0.05, 0.1) is 7.11 Å². The van der Waals surface area contributed by atoms with E-state index in [1.165, 1.54) is 7.11 Å². The summed E-state index contributed by atoms with van der Waals surface area (Å²) in [7, 11) is 3.50. The van der Waals surface area contributed by atoms with Crippen molar-refractivity contribution in [2.24, 2.45) is 5.41 Å². The highest BCUT2D eigenvalue weighted by Crippen LogP contribution is 2.29. The lowest BCUT2D eigenvalue weighted by atomic mass is 9.81. The second-order valence-corrected chi connectivity index (χ2v) is 5.99. The number of rotatable bonds is 1. The highest BCUT2D eigenvalue weighted by molar-refractivity contribution is 5.87. The highest BCUT2D eigenvalue weighted by atomic mass is 16.5. The molecule has 1 saturated heterocycles. The van der Waals surface area contributed by atoms with Gasteiger partial charge in [0.2, 0.25) is 0 Å². The fourth-order valence-corrected chi connectivity index (χ4v) is 2.41. The average Bonchev–Trinajstić information content (AvgIpc) is 2.47. The summed E-state index contributed by atoms with van der Waals surface area (Å²) in [6.07, 6.45) is 2.15. The van der Waals surface area contributed by atoms with E-state index in [0.29, 0.717) is 5.69 Å². The van der Waals surface area contributed by atoms with Crippen molar-refractivity contribution in [3.8, 4) is 11.8 Å². The molecule has 0 unspecified atom stereocenters. The van der Waals surface area contributed by atoms with Crippen LogP contribution in [0.3, 0.4) is 0 Å². The molecule has 21 heavy (non-hydrogen) atoms. The lowest BCUT2D eigenvalue weighted by molar-refractivity contribution is 0.0593.